The Morgan fingerprint density at radius 1 is 0.841 bits per heavy atom. The quantitative estimate of drug-likeness (QED) is 0.0898. The maximum absolute atomic E-state index is 6.40. The minimum atomic E-state index is 0.525. The highest BCUT2D eigenvalue weighted by molar-refractivity contribution is 9.11. The van der Waals surface area contributed by atoms with Crippen molar-refractivity contribution in [2.75, 3.05) is 59.5 Å². The van der Waals surface area contributed by atoms with Crippen LogP contribution < -0.4 is 26.1 Å². The number of rotatable bonds is 15. The second-order valence-corrected chi connectivity index (χ2v) is 12.6. The zero-order chi connectivity index (χ0) is 31.6. The van der Waals surface area contributed by atoms with Crippen molar-refractivity contribution in [3.8, 4) is 28.4 Å². The van der Waals surface area contributed by atoms with E-state index in [0.717, 1.165) is 74.6 Å². The first-order valence-corrected chi connectivity index (χ1v) is 15.9. The number of nitrogens with two attached hydrogens (primary N) is 2. The fraction of sp³-hybridized carbons (Fsp3) is 0.312. The average Bonchev–Trinajstić information content (AvgIpc) is 3.49. The molecule has 4 N–H and O–H groups in total. The number of benzene rings is 3. The van der Waals surface area contributed by atoms with Crippen LogP contribution in [-0.2, 0) is 0 Å². The highest BCUT2D eigenvalue weighted by Gasteiger charge is 2.11. The average molecular weight is 729 g/mol. The van der Waals surface area contributed by atoms with Crippen LogP contribution in [0, 0.1) is 0 Å². The van der Waals surface area contributed by atoms with E-state index < -0.39 is 0 Å². The number of nitrogens with zero attached hydrogens (tertiary/aromatic N) is 6. The number of hydrazine groups is 1. The molecule has 0 fully saturated rings. The van der Waals surface area contributed by atoms with Crippen molar-refractivity contribution in [2.24, 2.45) is 11.6 Å². The van der Waals surface area contributed by atoms with E-state index in [1.54, 1.807) is 10.9 Å². The van der Waals surface area contributed by atoms with Gasteiger partial charge in [-0.2, -0.15) is 0 Å². The number of hydrogen-bond donors (Lipinski definition) is 2. The van der Waals surface area contributed by atoms with Gasteiger partial charge in [0.1, 0.15) is 17.2 Å². The van der Waals surface area contributed by atoms with Gasteiger partial charge in [-0.15, -0.1) is 5.10 Å². The van der Waals surface area contributed by atoms with E-state index in [2.05, 4.69) is 66.1 Å². The molecule has 1 aromatic heterocycles. The lowest BCUT2D eigenvalue weighted by Crippen LogP contribution is -2.25. The molecular formula is C32H40Br2N8O2. The fourth-order valence-corrected chi connectivity index (χ4v) is 5.26. The summed E-state index contributed by atoms with van der Waals surface area (Å²) in [5, 5.41) is 10.2. The standard InChI is InChI=1S/C32H40Br2N8O2/c1-39(2)15-5-17-43-31-13-11-25(19-27(31)33)41(36)21-29(35)23-7-9-24(10-8-23)30-22-42(38-37-30)26-12-14-32(28(34)20-26)44-18-6-16-40(3)4/h7-14,19-22H,5-6,15-18,35-36H2,1-4H3/b29-21-. The van der Waals surface area contributed by atoms with Crippen LogP contribution >= 0.6 is 31.9 Å². The molecule has 0 saturated heterocycles. The summed E-state index contributed by atoms with van der Waals surface area (Å²) in [6.07, 6.45) is 5.48. The van der Waals surface area contributed by atoms with Gasteiger partial charge in [0, 0.05) is 24.9 Å². The molecule has 3 aromatic carbocycles. The summed E-state index contributed by atoms with van der Waals surface area (Å²) in [5.74, 6) is 7.90. The Balaban J connectivity index is 1.37. The third-order valence-corrected chi connectivity index (χ3v) is 7.93. The predicted molar refractivity (Wildman–Crippen MR) is 185 cm³/mol. The van der Waals surface area contributed by atoms with E-state index in [9.17, 15) is 0 Å². The molecule has 0 saturated carbocycles. The van der Waals surface area contributed by atoms with E-state index in [-0.39, 0.29) is 0 Å². The zero-order valence-corrected chi connectivity index (χ0v) is 28.8. The maximum Gasteiger partial charge on any atom is 0.133 e. The summed E-state index contributed by atoms with van der Waals surface area (Å²) < 4.78 is 15.2. The van der Waals surface area contributed by atoms with E-state index in [4.69, 9.17) is 21.1 Å². The molecule has 0 aliphatic rings. The highest BCUT2D eigenvalue weighted by Crippen LogP contribution is 2.30. The van der Waals surface area contributed by atoms with Gasteiger partial charge in [0.05, 0.1) is 45.4 Å². The maximum atomic E-state index is 6.40. The fourth-order valence-electron chi connectivity index (χ4n) is 4.30. The van der Waals surface area contributed by atoms with Crippen molar-refractivity contribution in [3.63, 3.8) is 0 Å². The largest absolute Gasteiger partial charge is 0.492 e. The van der Waals surface area contributed by atoms with Crippen molar-refractivity contribution in [1.82, 2.24) is 24.8 Å². The minimum absolute atomic E-state index is 0.525. The Morgan fingerprint density at radius 3 is 2.00 bits per heavy atom. The van der Waals surface area contributed by atoms with Gasteiger partial charge in [-0.3, -0.25) is 5.01 Å². The van der Waals surface area contributed by atoms with E-state index in [1.165, 1.54) is 5.01 Å². The minimum Gasteiger partial charge on any atom is -0.492 e. The Bertz CT molecular complexity index is 1540. The van der Waals surface area contributed by atoms with Crippen molar-refractivity contribution < 1.29 is 9.47 Å². The lowest BCUT2D eigenvalue weighted by Gasteiger charge is -2.17. The first-order valence-electron chi connectivity index (χ1n) is 14.3. The first-order chi connectivity index (χ1) is 21.1. The molecule has 0 aliphatic heterocycles. The smallest absolute Gasteiger partial charge is 0.133 e. The van der Waals surface area contributed by atoms with Crippen molar-refractivity contribution in [1.29, 1.82) is 0 Å². The molecule has 0 radical (unpaired) electrons. The van der Waals surface area contributed by atoms with Gasteiger partial charge in [0.15, 0.2) is 0 Å². The van der Waals surface area contributed by atoms with Crippen LogP contribution in [0.25, 0.3) is 22.6 Å². The number of hydrogen-bond acceptors (Lipinski definition) is 9. The zero-order valence-electron chi connectivity index (χ0n) is 25.6. The molecular weight excluding hydrogens is 688 g/mol. The number of ether oxygens (including phenoxy) is 2. The molecule has 0 atom stereocenters. The number of anilines is 1. The van der Waals surface area contributed by atoms with Crippen LogP contribution in [0.4, 0.5) is 5.69 Å². The van der Waals surface area contributed by atoms with Gasteiger partial charge < -0.3 is 25.0 Å². The van der Waals surface area contributed by atoms with Crippen molar-refractivity contribution in [2.45, 2.75) is 12.8 Å². The third kappa shape index (κ3) is 9.54. The normalized spacial score (nSPS) is 11.8. The molecule has 4 rings (SSSR count). The number of halogens is 2. The molecule has 0 unspecified atom stereocenters. The molecule has 0 spiro atoms. The van der Waals surface area contributed by atoms with Crippen LogP contribution in [0.3, 0.4) is 0 Å². The second-order valence-electron chi connectivity index (χ2n) is 10.9. The first kappa shape index (κ1) is 33.5. The summed E-state index contributed by atoms with van der Waals surface area (Å²) in [6.45, 7) is 3.24. The van der Waals surface area contributed by atoms with Gasteiger partial charge >= 0.3 is 0 Å². The lowest BCUT2D eigenvalue weighted by molar-refractivity contribution is 0.280. The summed E-state index contributed by atoms with van der Waals surface area (Å²) in [6, 6.07) is 19.4. The Kier molecular flexibility index (Phi) is 12.2. The van der Waals surface area contributed by atoms with Gasteiger partial charge in [-0.25, -0.2) is 10.5 Å². The topological polar surface area (TPSA) is 111 Å². The molecule has 4 aromatic rings. The number of aromatic nitrogens is 3. The van der Waals surface area contributed by atoms with E-state index in [0.29, 0.717) is 18.9 Å². The van der Waals surface area contributed by atoms with Gasteiger partial charge in [0.2, 0.25) is 0 Å². The monoisotopic (exact) mass is 726 g/mol. The van der Waals surface area contributed by atoms with E-state index in [1.807, 2.05) is 81.0 Å². The molecule has 0 amide bonds. The Hall–Kier alpha value is -3.42. The van der Waals surface area contributed by atoms with Crippen LogP contribution in [0.5, 0.6) is 11.5 Å². The highest BCUT2D eigenvalue weighted by atomic mass is 79.9. The summed E-state index contributed by atoms with van der Waals surface area (Å²) in [5.41, 5.74) is 11.1. The summed E-state index contributed by atoms with van der Waals surface area (Å²) in [7, 11) is 8.21. The summed E-state index contributed by atoms with van der Waals surface area (Å²) in [4.78, 5) is 4.27. The molecule has 44 heavy (non-hydrogen) atoms. The van der Waals surface area contributed by atoms with Gasteiger partial charge in [0.25, 0.3) is 0 Å². The van der Waals surface area contributed by atoms with Gasteiger partial charge in [-0.05, 0) is 115 Å². The molecule has 12 heteroatoms. The molecule has 0 bridgehead atoms. The van der Waals surface area contributed by atoms with Crippen LogP contribution in [0.1, 0.15) is 18.4 Å². The van der Waals surface area contributed by atoms with Crippen molar-refractivity contribution >= 4 is 43.2 Å². The molecule has 234 valence electrons. The Morgan fingerprint density at radius 2 is 1.43 bits per heavy atom. The van der Waals surface area contributed by atoms with E-state index >= 15 is 0 Å². The molecule has 0 aliphatic carbocycles. The van der Waals surface area contributed by atoms with Crippen LogP contribution in [-0.4, -0.2) is 79.3 Å². The SMILES string of the molecule is CN(C)CCCOc1ccc(N(N)/C=C(\N)c2ccc(-c3cn(-c4ccc(OCCCN(C)C)c(Br)c4)nn3)cc2)cc1Br. The predicted octanol–water partition coefficient (Wildman–Crippen LogP) is 5.76. The molecule has 10 nitrogen and oxygen atoms in total. The third-order valence-electron chi connectivity index (χ3n) is 6.69. The lowest BCUT2D eigenvalue weighted by atomic mass is 10.1. The van der Waals surface area contributed by atoms with Crippen LogP contribution in [0.15, 0.2) is 82.0 Å². The molecule has 1 heterocycles. The Labute approximate surface area is 276 Å². The summed E-state index contributed by atoms with van der Waals surface area (Å²) >= 11 is 7.20. The van der Waals surface area contributed by atoms with Gasteiger partial charge in [-0.1, -0.05) is 29.5 Å². The second kappa shape index (κ2) is 16.1. The van der Waals surface area contributed by atoms with Crippen molar-refractivity contribution in [3.05, 3.63) is 87.6 Å². The van der Waals surface area contributed by atoms with Crippen LogP contribution in [0.2, 0.25) is 0 Å².